The molecular formula is C16H19N5OS. The summed E-state index contributed by atoms with van der Waals surface area (Å²) in [7, 11) is 0. The fourth-order valence-electron chi connectivity index (χ4n) is 2.28. The van der Waals surface area contributed by atoms with Crippen LogP contribution in [0.2, 0.25) is 0 Å². The van der Waals surface area contributed by atoms with Crippen LogP contribution >= 0.6 is 11.8 Å². The summed E-state index contributed by atoms with van der Waals surface area (Å²) in [6, 6.07) is 5.90. The van der Waals surface area contributed by atoms with Crippen molar-refractivity contribution in [2.45, 2.75) is 19.9 Å². The second-order valence-electron chi connectivity index (χ2n) is 5.12. The summed E-state index contributed by atoms with van der Waals surface area (Å²) in [5.41, 5.74) is 2.56. The molecule has 0 aliphatic heterocycles. The first-order valence-electron chi connectivity index (χ1n) is 7.57. The predicted molar refractivity (Wildman–Crippen MR) is 92.8 cm³/mol. The Morgan fingerprint density at radius 3 is 3.09 bits per heavy atom. The van der Waals surface area contributed by atoms with Crippen molar-refractivity contribution in [3.05, 3.63) is 48.7 Å². The van der Waals surface area contributed by atoms with Crippen LogP contribution in [0, 0.1) is 0 Å². The molecule has 0 aromatic carbocycles. The summed E-state index contributed by atoms with van der Waals surface area (Å²) < 4.78 is 3.76. The van der Waals surface area contributed by atoms with Crippen LogP contribution < -0.4 is 5.32 Å². The van der Waals surface area contributed by atoms with Crippen LogP contribution in [0.4, 0.5) is 5.69 Å². The van der Waals surface area contributed by atoms with Crippen LogP contribution in [0.15, 0.2) is 43.0 Å². The van der Waals surface area contributed by atoms with E-state index < -0.39 is 0 Å². The molecule has 3 aromatic heterocycles. The fourth-order valence-corrected chi connectivity index (χ4v) is 2.90. The SMILES string of the molecule is CCSCCC(=O)Nc1cnn(Cc2cn3ccccc3n2)c1. The molecule has 23 heavy (non-hydrogen) atoms. The maximum atomic E-state index is 11.8. The van der Waals surface area contributed by atoms with Crippen molar-refractivity contribution in [1.82, 2.24) is 19.2 Å². The zero-order chi connectivity index (χ0) is 16.1. The summed E-state index contributed by atoms with van der Waals surface area (Å²) >= 11 is 1.76. The Kier molecular flexibility index (Phi) is 4.97. The number of nitrogens with one attached hydrogen (secondary N) is 1. The number of amides is 1. The molecule has 7 heteroatoms. The zero-order valence-electron chi connectivity index (χ0n) is 13.0. The Labute approximate surface area is 138 Å². The highest BCUT2D eigenvalue weighted by atomic mass is 32.2. The van der Waals surface area contributed by atoms with Crippen LogP contribution in [0.5, 0.6) is 0 Å². The Morgan fingerprint density at radius 1 is 1.35 bits per heavy atom. The molecule has 3 aromatic rings. The first kappa shape index (κ1) is 15.6. The van der Waals surface area contributed by atoms with Crippen molar-refractivity contribution in [2.75, 3.05) is 16.8 Å². The standard InChI is InChI=1S/C16H19N5OS/c1-2-23-8-6-16(22)19-13-9-17-21(11-13)12-14-10-20-7-4-3-5-15(20)18-14/h3-5,7,9-11H,2,6,8,12H2,1H3,(H,19,22). The summed E-state index contributed by atoms with van der Waals surface area (Å²) in [6.45, 7) is 2.66. The van der Waals surface area contributed by atoms with E-state index >= 15 is 0 Å². The molecule has 0 saturated carbocycles. The number of hydrogen-bond donors (Lipinski definition) is 1. The topological polar surface area (TPSA) is 64.2 Å². The van der Waals surface area contributed by atoms with Gasteiger partial charge in [0.1, 0.15) is 5.65 Å². The first-order valence-corrected chi connectivity index (χ1v) is 8.72. The molecule has 6 nitrogen and oxygen atoms in total. The highest BCUT2D eigenvalue weighted by Crippen LogP contribution is 2.10. The van der Waals surface area contributed by atoms with Gasteiger partial charge in [-0.2, -0.15) is 16.9 Å². The van der Waals surface area contributed by atoms with E-state index in [1.807, 2.05) is 41.2 Å². The zero-order valence-corrected chi connectivity index (χ0v) is 13.8. The largest absolute Gasteiger partial charge is 0.323 e. The van der Waals surface area contributed by atoms with Gasteiger partial charge in [-0.1, -0.05) is 13.0 Å². The number of aromatic nitrogens is 4. The third-order valence-corrected chi connectivity index (χ3v) is 4.23. The van der Waals surface area contributed by atoms with E-state index in [-0.39, 0.29) is 5.91 Å². The molecule has 0 aliphatic rings. The van der Waals surface area contributed by atoms with Crippen molar-refractivity contribution < 1.29 is 4.79 Å². The van der Waals surface area contributed by atoms with E-state index in [0.717, 1.165) is 28.5 Å². The van der Waals surface area contributed by atoms with Crippen molar-refractivity contribution in [2.24, 2.45) is 0 Å². The molecular weight excluding hydrogens is 310 g/mol. The van der Waals surface area contributed by atoms with Crippen LogP contribution in [-0.2, 0) is 11.3 Å². The van der Waals surface area contributed by atoms with Crippen molar-refractivity contribution in [3.8, 4) is 0 Å². The molecule has 0 fully saturated rings. The second-order valence-corrected chi connectivity index (χ2v) is 6.51. The lowest BCUT2D eigenvalue weighted by molar-refractivity contribution is -0.115. The number of carbonyl (C=O) groups excluding carboxylic acids is 1. The van der Waals surface area contributed by atoms with E-state index in [1.54, 1.807) is 22.6 Å². The minimum absolute atomic E-state index is 0.0261. The van der Waals surface area contributed by atoms with Gasteiger partial charge >= 0.3 is 0 Å². The molecule has 0 unspecified atom stereocenters. The Hall–Kier alpha value is -2.28. The summed E-state index contributed by atoms with van der Waals surface area (Å²) in [6.07, 6.45) is 7.97. The number of pyridine rings is 1. The van der Waals surface area contributed by atoms with Gasteiger partial charge in [0.25, 0.3) is 0 Å². The van der Waals surface area contributed by atoms with Crippen LogP contribution in [0.3, 0.4) is 0 Å². The second kappa shape index (κ2) is 7.32. The number of hydrogen-bond acceptors (Lipinski definition) is 4. The number of fused-ring (bicyclic) bond motifs is 1. The lowest BCUT2D eigenvalue weighted by Crippen LogP contribution is -2.11. The maximum absolute atomic E-state index is 11.8. The molecule has 0 aliphatic carbocycles. The van der Waals surface area contributed by atoms with Gasteiger partial charge in [-0.15, -0.1) is 0 Å². The number of imidazole rings is 1. The molecule has 120 valence electrons. The van der Waals surface area contributed by atoms with Gasteiger partial charge < -0.3 is 9.72 Å². The van der Waals surface area contributed by atoms with Crippen molar-refractivity contribution >= 4 is 29.0 Å². The van der Waals surface area contributed by atoms with Crippen LogP contribution in [0.1, 0.15) is 19.0 Å². The van der Waals surface area contributed by atoms with Gasteiger partial charge in [0.05, 0.1) is 24.1 Å². The third kappa shape index (κ3) is 4.13. The summed E-state index contributed by atoms with van der Waals surface area (Å²) in [5.74, 6) is 1.90. The number of thioether (sulfide) groups is 1. The fraction of sp³-hybridized carbons (Fsp3) is 0.312. The van der Waals surface area contributed by atoms with Gasteiger partial charge in [-0.3, -0.25) is 9.48 Å². The monoisotopic (exact) mass is 329 g/mol. The van der Waals surface area contributed by atoms with Crippen molar-refractivity contribution in [1.29, 1.82) is 0 Å². The van der Waals surface area contributed by atoms with Crippen LogP contribution in [-0.4, -0.2) is 36.6 Å². The number of carbonyl (C=O) groups is 1. The van der Waals surface area contributed by atoms with Gasteiger partial charge in [0.2, 0.25) is 5.91 Å². The first-order chi connectivity index (χ1) is 11.2. The van der Waals surface area contributed by atoms with E-state index in [4.69, 9.17) is 0 Å². The maximum Gasteiger partial charge on any atom is 0.225 e. The lowest BCUT2D eigenvalue weighted by atomic mass is 10.4. The van der Waals surface area contributed by atoms with Crippen LogP contribution in [0.25, 0.3) is 5.65 Å². The van der Waals surface area contributed by atoms with E-state index in [9.17, 15) is 4.79 Å². The van der Waals surface area contributed by atoms with E-state index in [0.29, 0.717) is 13.0 Å². The molecule has 0 radical (unpaired) electrons. The Balaban J connectivity index is 1.59. The molecule has 0 saturated heterocycles. The van der Waals surface area contributed by atoms with Crippen molar-refractivity contribution in [3.63, 3.8) is 0 Å². The third-order valence-electron chi connectivity index (χ3n) is 3.33. The molecule has 3 heterocycles. The van der Waals surface area contributed by atoms with E-state index in [1.165, 1.54) is 0 Å². The average molecular weight is 329 g/mol. The average Bonchev–Trinajstić information content (AvgIpc) is 3.14. The normalized spacial score (nSPS) is 11.0. The predicted octanol–water partition coefficient (Wildman–Crippen LogP) is 2.66. The lowest BCUT2D eigenvalue weighted by Gasteiger charge is -2.01. The number of anilines is 1. The summed E-state index contributed by atoms with van der Waals surface area (Å²) in [5, 5.41) is 7.15. The number of nitrogens with zero attached hydrogens (tertiary/aromatic N) is 4. The van der Waals surface area contributed by atoms with Gasteiger partial charge in [-0.25, -0.2) is 4.98 Å². The minimum atomic E-state index is 0.0261. The summed E-state index contributed by atoms with van der Waals surface area (Å²) in [4.78, 5) is 16.3. The highest BCUT2D eigenvalue weighted by Gasteiger charge is 2.06. The Bertz CT molecular complexity index is 761. The molecule has 0 atom stereocenters. The molecule has 1 N–H and O–H groups in total. The molecule has 1 amide bonds. The highest BCUT2D eigenvalue weighted by molar-refractivity contribution is 7.99. The smallest absolute Gasteiger partial charge is 0.225 e. The number of rotatable bonds is 7. The molecule has 0 spiro atoms. The molecule has 3 rings (SSSR count). The molecule has 0 bridgehead atoms. The van der Waals surface area contributed by atoms with E-state index in [2.05, 4.69) is 22.3 Å². The van der Waals surface area contributed by atoms with Gasteiger partial charge in [0.15, 0.2) is 0 Å². The Morgan fingerprint density at radius 2 is 2.26 bits per heavy atom. The quantitative estimate of drug-likeness (QED) is 0.677. The van der Waals surface area contributed by atoms with Gasteiger partial charge in [0, 0.05) is 30.8 Å². The minimum Gasteiger partial charge on any atom is -0.323 e. The van der Waals surface area contributed by atoms with Gasteiger partial charge in [-0.05, 0) is 17.9 Å².